The summed E-state index contributed by atoms with van der Waals surface area (Å²) in [6.07, 6.45) is 8.38. The molecule has 116 valence electrons. The third-order valence-corrected chi connectivity index (χ3v) is 5.66. The first kappa shape index (κ1) is 13.7. The highest BCUT2D eigenvalue weighted by Crippen LogP contribution is 2.49. The molecule has 0 saturated heterocycles. The van der Waals surface area contributed by atoms with Gasteiger partial charge in [-0.25, -0.2) is 4.98 Å². The van der Waals surface area contributed by atoms with Gasteiger partial charge in [-0.2, -0.15) is 5.10 Å². The molecule has 0 spiro atoms. The fourth-order valence-electron chi connectivity index (χ4n) is 4.38. The molecule has 2 aliphatic carbocycles. The van der Waals surface area contributed by atoms with Gasteiger partial charge in [-0.15, -0.1) is 0 Å². The van der Waals surface area contributed by atoms with Crippen LogP contribution in [-0.2, 0) is 23.7 Å². The number of fused-ring (bicyclic) bond motifs is 3. The van der Waals surface area contributed by atoms with E-state index >= 15 is 0 Å². The number of carbonyl (C=O) groups is 1. The maximum atomic E-state index is 11.8. The molecule has 2 heterocycles. The van der Waals surface area contributed by atoms with Gasteiger partial charge in [0.15, 0.2) is 0 Å². The number of nitrogens with zero attached hydrogens (tertiary/aromatic N) is 4. The van der Waals surface area contributed by atoms with Gasteiger partial charge in [0, 0.05) is 37.2 Å². The van der Waals surface area contributed by atoms with Crippen LogP contribution in [0, 0.1) is 12.8 Å². The van der Waals surface area contributed by atoms with Gasteiger partial charge in [0.25, 0.3) is 0 Å². The second-order valence-corrected chi connectivity index (χ2v) is 7.06. The van der Waals surface area contributed by atoms with Crippen LogP contribution in [0.25, 0.3) is 5.69 Å². The summed E-state index contributed by atoms with van der Waals surface area (Å²) in [6, 6.07) is 0. The van der Waals surface area contributed by atoms with Crippen LogP contribution in [0.5, 0.6) is 0 Å². The number of hydrogen-bond acceptors (Lipinski definition) is 3. The van der Waals surface area contributed by atoms with E-state index in [-0.39, 0.29) is 5.41 Å². The van der Waals surface area contributed by atoms with Crippen molar-refractivity contribution in [2.75, 3.05) is 0 Å². The van der Waals surface area contributed by atoms with Crippen molar-refractivity contribution in [1.82, 2.24) is 19.3 Å². The lowest BCUT2D eigenvalue weighted by atomic mass is 9.60. The molecule has 0 radical (unpaired) electrons. The number of rotatable bonds is 1. The number of Topliss-reactive ketones (excluding diaryl/α,β-unsaturated/α-hetero) is 1. The fraction of sp³-hybridized carbons (Fsp3) is 0.588. The first-order chi connectivity index (χ1) is 10.5. The average molecular weight is 298 g/mol. The lowest BCUT2D eigenvalue weighted by molar-refractivity contribution is -0.123. The van der Waals surface area contributed by atoms with E-state index in [0.29, 0.717) is 18.1 Å². The quantitative estimate of drug-likeness (QED) is 0.813. The first-order valence-electron chi connectivity index (χ1n) is 8.08. The molecule has 2 aromatic rings. The fourth-order valence-corrected chi connectivity index (χ4v) is 4.38. The molecule has 0 amide bonds. The van der Waals surface area contributed by atoms with Gasteiger partial charge in [0.1, 0.15) is 11.6 Å². The number of ketones is 1. The van der Waals surface area contributed by atoms with Crippen molar-refractivity contribution in [1.29, 1.82) is 0 Å². The minimum Gasteiger partial charge on any atom is -0.300 e. The molecule has 5 heteroatoms. The van der Waals surface area contributed by atoms with Crippen molar-refractivity contribution in [3.63, 3.8) is 0 Å². The molecule has 1 fully saturated rings. The van der Waals surface area contributed by atoms with Gasteiger partial charge in [-0.3, -0.25) is 14.0 Å². The zero-order chi connectivity index (χ0) is 15.5. The molecular formula is C17H22N4O. The summed E-state index contributed by atoms with van der Waals surface area (Å²) in [4.78, 5) is 16.8. The summed E-state index contributed by atoms with van der Waals surface area (Å²) in [5, 5.41) is 4.29. The standard InChI is InChI=1S/C17H22N4O/c1-11-19-16-15(21(11)13-9-18-20(3)10-13)5-4-12-8-14(22)6-7-17(12,16)2/h9-10,12H,4-8H2,1-3H3. The highest BCUT2D eigenvalue weighted by atomic mass is 16.1. The van der Waals surface area contributed by atoms with Crippen molar-refractivity contribution in [3.8, 4) is 5.69 Å². The second kappa shape index (κ2) is 4.54. The number of hydrogen-bond donors (Lipinski definition) is 0. The lowest BCUT2D eigenvalue weighted by Crippen LogP contribution is -2.42. The summed E-state index contributed by atoms with van der Waals surface area (Å²) in [6.45, 7) is 4.37. The maximum Gasteiger partial charge on any atom is 0.133 e. The van der Waals surface area contributed by atoms with Crippen molar-refractivity contribution in [2.45, 2.75) is 51.4 Å². The predicted octanol–water partition coefficient (Wildman–Crippen LogP) is 2.49. The Morgan fingerprint density at radius 2 is 2.18 bits per heavy atom. The Morgan fingerprint density at radius 1 is 1.36 bits per heavy atom. The number of imidazole rings is 1. The minimum atomic E-state index is 0.0553. The highest BCUT2D eigenvalue weighted by Gasteiger charge is 2.46. The van der Waals surface area contributed by atoms with Crippen LogP contribution in [0.1, 0.15) is 49.8 Å². The Balaban J connectivity index is 1.85. The van der Waals surface area contributed by atoms with Gasteiger partial charge in [-0.05, 0) is 32.1 Å². The molecule has 2 aliphatic rings. The SMILES string of the molecule is Cc1nc2c(n1-c1cnn(C)c1)CCC1CC(=O)CCC21C. The van der Waals surface area contributed by atoms with Gasteiger partial charge < -0.3 is 0 Å². The molecule has 5 nitrogen and oxygen atoms in total. The topological polar surface area (TPSA) is 52.7 Å². The summed E-state index contributed by atoms with van der Waals surface area (Å²) < 4.78 is 4.08. The molecule has 0 aliphatic heterocycles. The van der Waals surface area contributed by atoms with Crippen molar-refractivity contribution >= 4 is 5.78 Å². The molecule has 2 unspecified atom stereocenters. The Hall–Kier alpha value is -1.91. The molecule has 0 bridgehead atoms. The maximum absolute atomic E-state index is 11.8. The number of aryl methyl sites for hydroxylation is 2. The van der Waals surface area contributed by atoms with Crippen molar-refractivity contribution in [3.05, 3.63) is 29.6 Å². The van der Waals surface area contributed by atoms with Crippen LogP contribution in [0.15, 0.2) is 12.4 Å². The van der Waals surface area contributed by atoms with E-state index in [9.17, 15) is 4.79 Å². The van der Waals surface area contributed by atoms with E-state index in [4.69, 9.17) is 4.98 Å². The molecule has 2 atom stereocenters. The third-order valence-electron chi connectivity index (χ3n) is 5.66. The molecule has 22 heavy (non-hydrogen) atoms. The van der Waals surface area contributed by atoms with E-state index in [2.05, 4.69) is 23.5 Å². The van der Waals surface area contributed by atoms with E-state index in [1.165, 1.54) is 11.4 Å². The van der Waals surface area contributed by atoms with Crippen LogP contribution in [0.3, 0.4) is 0 Å². The molecule has 2 aromatic heterocycles. The van der Waals surface area contributed by atoms with E-state index < -0.39 is 0 Å². The van der Waals surface area contributed by atoms with Crippen LogP contribution in [-0.4, -0.2) is 25.1 Å². The van der Waals surface area contributed by atoms with Crippen molar-refractivity contribution < 1.29 is 4.79 Å². The lowest BCUT2D eigenvalue weighted by Gasteiger charge is -2.43. The Bertz CT molecular complexity index is 757. The molecule has 1 saturated carbocycles. The summed E-state index contributed by atoms with van der Waals surface area (Å²) in [7, 11) is 1.94. The first-order valence-corrected chi connectivity index (χ1v) is 8.08. The normalized spacial score (nSPS) is 27.6. The Morgan fingerprint density at radius 3 is 2.91 bits per heavy atom. The Kier molecular flexibility index (Phi) is 2.83. The van der Waals surface area contributed by atoms with E-state index in [1.807, 2.05) is 24.1 Å². The van der Waals surface area contributed by atoms with Gasteiger partial charge >= 0.3 is 0 Å². The van der Waals surface area contributed by atoms with Crippen LogP contribution >= 0.6 is 0 Å². The zero-order valence-electron chi connectivity index (χ0n) is 13.5. The average Bonchev–Trinajstić information content (AvgIpc) is 3.03. The van der Waals surface area contributed by atoms with Crippen LogP contribution in [0.4, 0.5) is 0 Å². The summed E-state index contributed by atoms with van der Waals surface area (Å²) >= 11 is 0. The van der Waals surface area contributed by atoms with Crippen molar-refractivity contribution in [2.24, 2.45) is 13.0 Å². The van der Waals surface area contributed by atoms with E-state index in [1.54, 1.807) is 0 Å². The molecule has 0 N–H and O–H groups in total. The van der Waals surface area contributed by atoms with Gasteiger partial charge in [0.05, 0.1) is 17.6 Å². The van der Waals surface area contributed by atoms with Gasteiger partial charge in [-0.1, -0.05) is 6.92 Å². The van der Waals surface area contributed by atoms with Gasteiger partial charge in [0.2, 0.25) is 0 Å². The molecule has 4 rings (SSSR count). The zero-order valence-corrected chi connectivity index (χ0v) is 13.5. The second-order valence-electron chi connectivity index (χ2n) is 7.06. The van der Waals surface area contributed by atoms with E-state index in [0.717, 1.165) is 37.2 Å². The Labute approximate surface area is 130 Å². The third kappa shape index (κ3) is 1.81. The number of aromatic nitrogens is 4. The smallest absolute Gasteiger partial charge is 0.133 e. The molecule has 0 aromatic carbocycles. The monoisotopic (exact) mass is 298 g/mol. The predicted molar refractivity (Wildman–Crippen MR) is 83.1 cm³/mol. The summed E-state index contributed by atoms with van der Waals surface area (Å²) in [5.41, 5.74) is 3.68. The molecular weight excluding hydrogens is 276 g/mol. The van der Waals surface area contributed by atoms with Crippen LogP contribution in [0.2, 0.25) is 0 Å². The highest BCUT2D eigenvalue weighted by molar-refractivity contribution is 5.80. The van der Waals surface area contributed by atoms with Crippen LogP contribution < -0.4 is 0 Å². The largest absolute Gasteiger partial charge is 0.300 e. The minimum absolute atomic E-state index is 0.0553. The summed E-state index contributed by atoms with van der Waals surface area (Å²) in [5.74, 6) is 1.91. The number of carbonyl (C=O) groups excluding carboxylic acids is 1.